The lowest BCUT2D eigenvalue weighted by molar-refractivity contribution is -0.385. The van der Waals surface area contributed by atoms with E-state index in [1.54, 1.807) is 30.3 Å². The molecule has 7 heteroatoms. The summed E-state index contributed by atoms with van der Waals surface area (Å²) >= 11 is 6.52. The number of carbonyl (C=O) groups excluding carboxylic acids is 1. The second kappa shape index (κ2) is 6.82. The van der Waals surface area contributed by atoms with Crippen LogP contribution in [0.3, 0.4) is 0 Å². The number of hydrogen-bond donors (Lipinski definition) is 0. The predicted molar refractivity (Wildman–Crippen MR) is 84.7 cm³/mol. The van der Waals surface area contributed by atoms with Crippen LogP contribution in [0.4, 0.5) is 5.69 Å². The molecule has 0 spiro atoms. The number of hydrogen-bond acceptors (Lipinski definition) is 4. The number of ether oxygens (including phenoxy) is 1. The van der Waals surface area contributed by atoms with Crippen LogP contribution in [0.5, 0.6) is 5.75 Å². The minimum Gasteiger partial charge on any atom is -0.487 e. The summed E-state index contributed by atoms with van der Waals surface area (Å²) in [6.45, 7) is 0.103. The molecule has 0 N–H and O–H groups in total. The number of carbonyl (C=O) groups is 1. The monoisotopic (exact) mass is 413 g/mol. The SMILES string of the molecule is O=Cc1cccc(Br)c1OCc1cccc([N+](=O)[O-])c1Br. The predicted octanol–water partition coefficient (Wildman–Crippen LogP) is 4.51. The van der Waals surface area contributed by atoms with Crippen molar-refractivity contribution in [1.82, 2.24) is 0 Å². The van der Waals surface area contributed by atoms with E-state index in [1.807, 2.05) is 0 Å². The van der Waals surface area contributed by atoms with Crippen LogP contribution in [0.25, 0.3) is 0 Å². The fourth-order valence-corrected chi connectivity index (χ4v) is 2.76. The van der Waals surface area contributed by atoms with Crippen molar-refractivity contribution in [2.24, 2.45) is 0 Å². The highest BCUT2D eigenvalue weighted by Crippen LogP contribution is 2.32. The maximum Gasteiger partial charge on any atom is 0.283 e. The molecular formula is C14H9Br2NO4. The molecule has 21 heavy (non-hydrogen) atoms. The van der Waals surface area contributed by atoms with Crippen LogP contribution in [0, 0.1) is 10.1 Å². The highest BCUT2D eigenvalue weighted by molar-refractivity contribution is 9.11. The second-order valence-electron chi connectivity index (χ2n) is 4.07. The minimum absolute atomic E-state index is 0.0289. The zero-order chi connectivity index (χ0) is 15.4. The van der Waals surface area contributed by atoms with Gasteiger partial charge in [-0.15, -0.1) is 0 Å². The van der Waals surface area contributed by atoms with Crippen molar-refractivity contribution in [1.29, 1.82) is 0 Å². The molecule has 0 fully saturated rings. The molecule has 0 aliphatic rings. The molecule has 2 aromatic rings. The van der Waals surface area contributed by atoms with Crippen molar-refractivity contribution in [3.63, 3.8) is 0 Å². The maximum absolute atomic E-state index is 11.0. The van der Waals surface area contributed by atoms with Crippen LogP contribution < -0.4 is 4.74 Å². The lowest BCUT2D eigenvalue weighted by atomic mass is 10.2. The van der Waals surface area contributed by atoms with Crippen molar-refractivity contribution < 1.29 is 14.5 Å². The number of para-hydroxylation sites is 1. The lowest BCUT2D eigenvalue weighted by Gasteiger charge is -2.11. The molecule has 0 aliphatic heterocycles. The normalized spacial score (nSPS) is 10.2. The summed E-state index contributed by atoms with van der Waals surface area (Å²) in [4.78, 5) is 21.4. The standard InChI is InChI=1S/C14H9Br2NO4/c15-11-5-1-3-9(7-18)14(11)21-8-10-4-2-6-12(13(10)16)17(19)20/h1-7H,8H2. The Labute approximate surface area is 137 Å². The molecule has 0 saturated carbocycles. The van der Waals surface area contributed by atoms with Crippen LogP contribution in [0.2, 0.25) is 0 Å². The largest absolute Gasteiger partial charge is 0.487 e. The Bertz CT molecular complexity index is 703. The van der Waals surface area contributed by atoms with Gasteiger partial charge in [-0.05, 0) is 44.0 Å². The van der Waals surface area contributed by atoms with Gasteiger partial charge in [0.05, 0.1) is 15.0 Å². The molecule has 0 radical (unpaired) electrons. The summed E-state index contributed by atoms with van der Waals surface area (Å²) < 4.78 is 6.65. The number of nitro benzene ring substituents is 1. The molecule has 0 bridgehead atoms. The van der Waals surface area contributed by atoms with E-state index in [0.717, 1.165) is 0 Å². The molecule has 0 heterocycles. The average molecular weight is 415 g/mol. The molecule has 2 aromatic carbocycles. The molecule has 0 atom stereocenters. The fraction of sp³-hybridized carbons (Fsp3) is 0.0714. The summed E-state index contributed by atoms with van der Waals surface area (Å²) in [5.41, 5.74) is 1.00. The minimum atomic E-state index is -0.469. The molecule has 0 unspecified atom stereocenters. The van der Waals surface area contributed by atoms with E-state index < -0.39 is 4.92 Å². The first kappa shape index (κ1) is 15.7. The van der Waals surface area contributed by atoms with Gasteiger partial charge in [0.2, 0.25) is 0 Å². The summed E-state index contributed by atoms with van der Waals surface area (Å²) in [5, 5.41) is 10.9. The van der Waals surface area contributed by atoms with E-state index in [-0.39, 0.29) is 12.3 Å². The Hall–Kier alpha value is -1.73. The van der Waals surface area contributed by atoms with Crippen molar-refractivity contribution in [2.45, 2.75) is 6.61 Å². The van der Waals surface area contributed by atoms with Gasteiger partial charge in [-0.25, -0.2) is 0 Å². The average Bonchev–Trinajstić information content (AvgIpc) is 2.46. The Balaban J connectivity index is 2.27. The Kier molecular flexibility index (Phi) is 5.08. The summed E-state index contributed by atoms with van der Waals surface area (Å²) in [6.07, 6.45) is 0.697. The maximum atomic E-state index is 11.0. The first-order valence-corrected chi connectivity index (χ1v) is 7.41. The number of rotatable bonds is 5. The molecule has 0 aromatic heterocycles. The van der Waals surface area contributed by atoms with Crippen molar-refractivity contribution in [3.8, 4) is 5.75 Å². The molecule has 0 aliphatic carbocycles. The topological polar surface area (TPSA) is 69.4 Å². The van der Waals surface area contributed by atoms with Gasteiger partial charge in [0, 0.05) is 11.6 Å². The van der Waals surface area contributed by atoms with Gasteiger partial charge in [0.15, 0.2) is 6.29 Å². The first-order valence-electron chi connectivity index (χ1n) is 5.83. The van der Waals surface area contributed by atoms with Crippen LogP contribution in [-0.4, -0.2) is 11.2 Å². The molecule has 108 valence electrons. The van der Waals surface area contributed by atoms with Crippen molar-refractivity contribution in [2.75, 3.05) is 0 Å². The van der Waals surface area contributed by atoms with E-state index in [2.05, 4.69) is 31.9 Å². The number of nitro groups is 1. The molecular weight excluding hydrogens is 406 g/mol. The van der Waals surface area contributed by atoms with Crippen molar-refractivity contribution >= 4 is 43.8 Å². The quantitative estimate of drug-likeness (QED) is 0.410. The Morgan fingerprint density at radius 3 is 2.57 bits per heavy atom. The number of halogens is 2. The number of aldehydes is 1. The smallest absolute Gasteiger partial charge is 0.283 e. The molecule has 2 rings (SSSR count). The molecule has 0 amide bonds. The second-order valence-corrected chi connectivity index (χ2v) is 5.72. The molecule has 5 nitrogen and oxygen atoms in total. The summed E-state index contributed by atoms with van der Waals surface area (Å²) in [5.74, 6) is 0.408. The summed E-state index contributed by atoms with van der Waals surface area (Å²) in [7, 11) is 0. The van der Waals surface area contributed by atoms with E-state index in [1.165, 1.54) is 6.07 Å². The third kappa shape index (κ3) is 3.48. The van der Waals surface area contributed by atoms with E-state index in [0.29, 0.717) is 32.1 Å². The zero-order valence-corrected chi connectivity index (χ0v) is 13.8. The van der Waals surface area contributed by atoms with Crippen LogP contribution >= 0.6 is 31.9 Å². The van der Waals surface area contributed by atoms with Gasteiger partial charge < -0.3 is 4.74 Å². The van der Waals surface area contributed by atoms with Gasteiger partial charge in [0.25, 0.3) is 5.69 Å². The van der Waals surface area contributed by atoms with Crippen LogP contribution in [0.1, 0.15) is 15.9 Å². The van der Waals surface area contributed by atoms with Gasteiger partial charge in [0.1, 0.15) is 16.8 Å². The highest BCUT2D eigenvalue weighted by Gasteiger charge is 2.16. The van der Waals surface area contributed by atoms with Crippen LogP contribution in [0.15, 0.2) is 45.3 Å². The third-order valence-electron chi connectivity index (χ3n) is 2.75. The van der Waals surface area contributed by atoms with Crippen LogP contribution in [-0.2, 0) is 6.61 Å². The highest BCUT2D eigenvalue weighted by atomic mass is 79.9. The third-order valence-corrected chi connectivity index (χ3v) is 4.29. The van der Waals surface area contributed by atoms with E-state index >= 15 is 0 Å². The first-order chi connectivity index (χ1) is 10.0. The molecule has 0 saturated heterocycles. The lowest BCUT2D eigenvalue weighted by Crippen LogP contribution is -2.01. The Morgan fingerprint density at radius 1 is 1.19 bits per heavy atom. The van der Waals surface area contributed by atoms with Gasteiger partial charge in [-0.2, -0.15) is 0 Å². The van der Waals surface area contributed by atoms with Gasteiger partial charge in [-0.1, -0.05) is 18.2 Å². The zero-order valence-electron chi connectivity index (χ0n) is 10.6. The van der Waals surface area contributed by atoms with E-state index in [9.17, 15) is 14.9 Å². The van der Waals surface area contributed by atoms with Crippen molar-refractivity contribution in [3.05, 3.63) is 66.6 Å². The fourth-order valence-electron chi connectivity index (χ4n) is 1.74. The van der Waals surface area contributed by atoms with E-state index in [4.69, 9.17) is 4.74 Å². The summed E-state index contributed by atoms with van der Waals surface area (Å²) in [6, 6.07) is 9.82. The number of nitrogens with zero attached hydrogens (tertiary/aromatic N) is 1. The van der Waals surface area contributed by atoms with Gasteiger partial charge in [-0.3, -0.25) is 14.9 Å². The number of benzene rings is 2. The van der Waals surface area contributed by atoms with Gasteiger partial charge >= 0.3 is 0 Å². The Morgan fingerprint density at radius 2 is 1.90 bits per heavy atom.